The van der Waals surface area contributed by atoms with E-state index in [0.717, 1.165) is 18.5 Å². The zero-order valence-corrected chi connectivity index (χ0v) is 23.3. The molecule has 2 aliphatic heterocycles. The molecule has 0 spiro atoms. The number of ether oxygens (including phenoxy) is 3. The number of nitrogens with zero attached hydrogens (tertiary/aromatic N) is 2. The third-order valence-electron chi connectivity index (χ3n) is 6.51. The van der Waals surface area contributed by atoms with E-state index in [0.29, 0.717) is 48.9 Å². The number of likely N-dealkylation sites (tertiary alicyclic amines) is 1. The molecule has 0 aromatic heterocycles. The van der Waals surface area contributed by atoms with Crippen LogP contribution in [0.5, 0.6) is 11.5 Å². The molecule has 12 heteroatoms. The third kappa shape index (κ3) is 8.09. The zero-order chi connectivity index (χ0) is 29.1. The van der Waals surface area contributed by atoms with Gasteiger partial charge in [-0.05, 0) is 82.5 Å². The van der Waals surface area contributed by atoms with E-state index in [2.05, 4.69) is 10.1 Å². The van der Waals surface area contributed by atoms with E-state index in [4.69, 9.17) is 21.1 Å². The lowest BCUT2D eigenvalue weighted by Gasteiger charge is -2.35. The van der Waals surface area contributed by atoms with Crippen LogP contribution in [0.15, 0.2) is 42.5 Å². The molecule has 0 bridgehead atoms. The van der Waals surface area contributed by atoms with Crippen LogP contribution in [0.2, 0.25) is 5.02 Å². The normalized spacial score (nSPS) is 19.8. The zero-order valence-electron chi connectivity index (χ0n) is 22.6. The second-order valence-corrected chi connectivity index (χ2v) is 11.2. The highest BCUT2D eigenvalue weighted by molar-refractivity contribution is 6.32. The molecule has 0 unspecified atom stereocenters. The lowest BCUT2D eigenvalue weighted by atomic mass is 10.0. The third-order valence-corrected chi connectivity index (χ3v) is 6.80. The van der Waals surface area contributed by atoms with Crippen LogP contribution in [0.3, 0.4) is 0 Å². The Bertz CT molecular complexity index is 1200. The Hall–Kier alpha value is -3.34. The van der Waals surface area contributed by atoms with Crippen LogP contribution in [-0.2, 0) is 9.53 Å². The smallest absolute Gasteiger partial charge is 0.487 e. The summed E-state index contributed by atoms with van der Waals surface area (Å²) in [6.45, 7) is 6.99. The number of hydrogen-bond donors (Lipinski definition) is 1. The molecular formula is C28H33ClF3N3O5. The first kappa shape index (κ1) is 29.6. The Kier molecular flexibility index (Phi) is 8.92. The van der Waals surface area contributed by atoms with Crippen molar-refractivity contribution >= 4 is 35.0 Å². The molecule has 8 nitrogen and oxygen atoms in total. The number of halogens is 4. The Morgan fingerprint density at radius 1 is 1.00 bits per heavy atom. The Labute approximate surface area is 236 Å². The number of anilines is 2. The highest BCUT2D eigenvalue weighted by Crippen LogP contribution is 2.32. The van der Waals surface area contributed by atoms with Crippen LogP contribution in [0.1, 0.15) is 46.5 Å². The molecule has 2 saturated heterocycles. The molecule has 0 radical (unpaired) electrons. The van der Waals surface area contributed by atoms with Gasteiger partial charge in [0.25, 0.3) is 0 Å². The fraction of sp³-hybridized carbons (Fsp3) is 0.500. The summed E-state index contributed by atoms with van der Waals surface area (Å²) >= 11 is 6.47. The van der Waals surface area contributed by atoms with Crippen LogP contribution in [0.4, 0.5) is 29.3 Å². The van der Waals surface area contributed by atoms with Crippen molar-refractivity contribution in [3.05, 3.63) is 47.5 Å². The van der Waals surface area contributed by atoms with E-state index < -0.39 is 24.1 Å². The predicted octanol–water partition coefficient (Wildman–Crippen LogP) is 6.62. The molecule has 2 atom stereocenters. The number of hydrogen-bond acceptors (Lipinski definition) is 6. The molecule has 2 aliphatic rings. The summed E-state index contributed by atoms with van der Waals surface area (Å²) in [6, 6.07) is 10.0. The lowest BCUT2D eigenvalue weighted by Crippen LogP contribution is -2.51. The van der Waals surface area contributed by atoms with Crippen molar-refractivity contribution in [2.75, 3.05) is 29.9 Å². The van der Waals surface area contributed by atoms with Crippen LogP contribution >= 0.6 is 11.6 Å². The number of amides is 2. The average Bonchev–Trinajstić information content (AvgIpc) is 3.33. The molecule has 2 heterocycles. The van der Waals surface area contributed by atoms with Gasteiger partial charge in [0.05, 0.1) is 11.6 Å². The first-order chi connectivity index (χ1) is 18.8. The van der Waals surface area contributed by atoms with Crippen LogP contribution in [-0.4, -0.2) is 60.6 Å². The molecule has 2 amide bonds. The van der Waals surface area contributed by atoms with Crippen molar-refractivity contribution in [2.45, 2.75) is 70.6 Å². The molecule has 40 heavy (non-hydrogen) atoms. The van der Waals surface area contributed by atoms with Gasteiger partial charge in [-0.3, -0.25) is 9.69 Å². The van der Waals surface area contributed by atoms with Gasteiger partial charge in [0.1, 0.15) is 29.2 Å². The van der Waals surface area contributed by atoms with Gasteiger partial charge in [0, 0.05) is 30.9 Å². The predicted molar refractivity (Wildman–Crippen MR) is 145 cm³/mol. The number of carbonyl (C=O) groups excluding carboxylic acids is 2. The van der Waals surface area contributed by atoms with Gasteiger partial charge in [-0.1, -0.05) is 11.6 Å². The van der Waals surface area contributed by atoms with Gasteiger partial charge >= 0.3 is 12.5 Å². The first-order valence-corrected chi connectivity index (χ1v) is 13.5. The number of rotatable bonds is 6. The highest BCUT2D eigenvalue weighted by Gasteiger charge is 2.35. The quantitative estimate of drug-likeness (QED) is 0.411. The molecule has 218 valence electrons. The van der Waals surface area contributed by atoms with E-state index in [1.54, 1.807) is 51.1 Å². The maximum Gasteiger partial charge on any atom is 0.573 e. The Morgan fingerprint density at radius 2 is 1.73 bits per heavy atom. The van der Waals surface area contributed by atoms with Crippen molar-refractivity contribution < 1.29 is 37.0 Å². The van der Waals surface area contributed by atoms with Crippen LogP contribution in [0.25, 0.3) is 0 Å². The van der Waals surface area contributed by atoms with Crippen molar-refractivity contribution in [1.82, 2.24) is 4.90 Å². The summed E-state index contributed by atoms with van der Waals surface area (Å²) in [4.78, 5) is 29.2. The molecule has 2 aromatic rings. The highest BCUT2D eigenvalue weighted by atomic mass is 35.5. The number of carbonyl (C=O) groups is 2. The number of alkyl halides is 3. The van der Waals surface area contributed by atoms with Gasteiger partial charge in [-0.25, -0.2) is 4.79 Å². The summed E-state index contributed by atoms with van der Waals surface area (Å²) < 4.78 is 52.7. The number of benzene rings is 2. The standard InChI is InChI=1S/C28H33ClF3N3O5/c1-27(2,3)40-26(37)35-14-5-4-6-23(35)25(36)33-18-7-12-24(22(29)16-18)38-21-13-15-34(17-21)19-8-10-20(11-9-19)39-28(30,31)32/h7-12,16,21,23H,4-6,13-15,17H2,1-3H3,(H,33,36)/t21-,23+/m0/s1. The SMILES string of the molecule is CC(C)(C)OC(=O)N1CCCC[C@@H]1C(=O)Nc1ccc(O[C@H]2CCN(c3ccc(OC(F)(F)F)cc3)C2)c(Cl)c1. The maximum atomic E-state index is 13.1. The lowest BCUT2D eigenvalue weighted by molar-refractivity contribution is -0.274. The molecule has 1 N–H and O–H groups in total. The van der Waals surface area contributed by atoms with E-state index in [1.165, 1.54) is 17.0 Å². The molecule has 2 fully saturated rings. The Morgan fingerprint density at radius 3 is 2.38 bits per heavy atom. The summed E-state index contributed by atoms with van der Waals surface area (Å²) in [5, 5.41) is 3.17. The largest absolute Gasteiger partial charge is 0.573 e. The average molecular weight is 584 g/mol. The van der Waals surface area contributed by atoms with Crippen LogP contribution < -0.4 is 19.7 Å². The summed E-state index contributed by atoms with van der Waals surface area (Å²) in [6.07, 6.45) is -2.57. The van der Waals surface area contributed by atoms with Gasteiger partial charge < -0.3 is 24.4 Å². The minimum Gasteiger partial charge on any atom is -0.487 e. The van der Waals surface area contributed by atoms with E-state index in [1.807, 2.05) is 4.90 Å². The number of nitrogens with one attached hydrogen (secondary N) is 1. The summed E-state index contributed by atoms with van der Waals surface area (Å²) in [7, 11) is 0. The van der Waals surface area contributed by atoms with Crippen LogP contribution in [0, 0.1) is 0 Å². The second-order valence-electron chi connectivity index (χ2n) is 10.8. The fourth-order valence-corrected chi connectivity index (χ4v) is 4.97. The maximum absolute atomic E-state index is 13.1. The van der Waals surface area contributed by atoms with E-state index >= 15 is 0 Å². The first-order valence-electron chi connectivity index (χ1n) is 13.1. The molecule has 4 rings (SSSR count). The number of piperidine rings is 1. The van der Waals surface area contributed by atoms with E-state index in [9.17, 15) is 22.8 Å². The fourth-order valence-electron chi connectivity index (χ4n) is 4.74. The summed E-state index contributed by atoms with van der Waals surface area (Å²) in [5.41, 5.74) is 0.574. The van der Waals surface area contributed by atoms with Crippen molar-refractivity contribution in [3.63, 3.8) is 0 Å². The minimum atomic E-state index is -4.73. The summed E-state index contributed by atoms with van der Waals surface area (Å²) in [5.74, 6) is -0.134. The minimum absolute atomic E-state index is 0.186. The second kappa shape index (κ2) is 12.0. The molecule has 0 aliphatic carbocycles. The van der Waals surface area contributed by atoms with Gasteiger partial charge in [0.2, 0.25) is 5.91 Å². The topological polar surface area (TPSA) is 80.3 Å². The van der Waals surface area contributed by atoms with Gasteiger partial charge in [-0.15, -0.1) is 13.2 Å². The van der Waals surface area contributed by atoms with E-state index in [-0.39, 0.29) is 17.8 Å². The van der Waals surface area contributed by atoms with Crippen molar-refractivity contribution in [1.29, 1.82) is 0 Å². The molecule has 2 aromatic carbocycles. The van der Waals surface area contributed by atoms with Crippen molar-refractivity contribution in [2.24, 2.45) is 0 Å². The monoisotopic (exact) mass is 583 g/mol. The van der Waals surface area contributed by atoms with Gasteiger partial charge in [-0.2, -0.15) is 0 Å². The van der Waals surface area contributed by atoms with Crippen molar-refractivity contribution in [3.8, 4) is 11.5 Å². The molecular weight excluding hydrogens is 551 g/mol. The van der Waals surface area contributed by atoms with Gasteiger partial charge in [0.15, 0.2) is 0 Å². The molecule has 0 saturated carbocycles. The Balaban J connectivity index is 1.33.